The molecule has 1 aromatic heterocycles. The van der Waals surface area contributed by atoms with Crippen LogP contribution in [0, 0.1) is 5.92 Å². The lowest BCUT2D eigenvalue weighted by molar-refractivity contribution is -0.131. The topological polar surface area (TPSA) is 82.6 Å². The van der Waals surface area contributed by atoms with E-state index in [0.29, 0.717) is 18.5 Å². The zero-order valence-corrected chi connectivity index (χ0v) is 21.8. The van der Waals surface area contributed by atoms with Gasteiger partial charge in [-0.1, -0.05) is 30.9 Å². The first kappa shape index (κ1) is 25.5. The molecule has 1 amide bonds. The minimum Gasteiger partial charge on any atom is -0.493 e. The van der Waals surface area contributed by atoms with Crippen molar-refractivity contribution in [2.45, 2.75) is 13.0 Å². The second-order valence-corrected chi connectivity index (χ2v) is 9.84. The molecule has 3 aromatic rings. The molecule has 196 valence electrons. The van der Waals surface area contributed by atoms with Crippen molar-refractivity contribution in [2.75, 3.05) is 50.5 Å². The van der Waals surface area contributed by atoms with E-state index in [4.69, 9.17) is 9.72 Å². The number of likely N-dealkylation sites (N-methyl/N-ethyl adjacent to an activating group) is 1. The molecular weight excluding hydrogens is 476 g/mol. The number of rotatable bonds is 4. The van der Waals surface area contributed by atoms with Gasteiger partial charge in [0.25, 0.3) is 0 Å². The molecule has 0 aliphatic carbocycles. The third-order valence-corrected chi connectivity index (χ3v) is 6.66. The van der Waals surface area contributed by atoms with Gasteiger partial charge in [0, 0.05) is 61.8 Å². The van der Waals surface area contributed by atoms with Gasteiger partial charge in [-0.25, -0.2) is 9.97 Å². The summed E-state index contributed by atoms with van der Waals surface area (Å²) in [5, 5.41) is 6.98. The Hall–Kier alpha value is -4.17. The third kappa shape index (κ3) is 6.58. The van der Waals surface area contributed by atoms with Crippen LogP contribution in [0.5, 0.6) is 5.75 Å². The van der Waals surface area contributed by atoms with Gasteiger partial charge in [-0.3, -0.25) is 9.69 Å². The maximum Gasteiger partial charge on any atom is 0.245 e. The van der Waals surface area contributed by atoms with E-state index in [0.717, 1.165) is 67.5 Å². The maximum atomic E-state index is 11.8. The van der Waals surface area contributed by atoms with Gasteiger partial charge in [-0.05, 0) is 61.5 Å². The number of ether oxygens (including phenoxy) is 1. The van der Waals surface area contributed by atoms with Gasteiger partial charge in [0.1, 0.15) is 5.75 Å². The van der Waals surface area contributed by atoms with Crippen molar-refractivity contribution in [1.29, 1.82) is 0 Å². The number of nitrogens with zero attached hydrogens (tertiary/aromatic N) is 4. The van der Waals surface area contributed by atoms with E-state index < -0.39 is 0 Å². The number of carbonyl (C=O) groups excluding carboxylic acids is 1. The lowest BCUT2D eigenvalue weighted by atomic mass is 10.00. The van der Waals surface area contributed by atoms with Gasteiger partial charge in [0.15, 0.2) is 0 Å². The molecule has 0 radical (unpaired) electrons. The van der Waals surface area contributed by atoms with Crippen LogP contribution >= 0.6 is 0 Å². The number of benzene rings is 2. The van der Waals surface area contributed by atoms with Crippen LogP contribution in [-0.4, -0.2) is 65.5 Å². The normalized spacial score (nSPS) is 17.1. The Labute approximate surface area is 224 Å². The van der Waals surface area contributed by atoms with Crippen LogP contribution in [0.15, 0.2) is 79.5 Å². The number of fused-ring (bicyclic) bond motifs is 7. The minimum atomic E-state index is -0.000657. The quantitative estimate of drug-likeness (QED) is 0.388. The molecule has 0 atom stereocenters. The molecule has 0 spiro atoms. The predicted octanol–water partition coefficient (Wildman–Crippen LogP) is 4.71. The molecule has 8 heteroatoms. The Morgan fingerprint density at radius 2 is 2.11 bits per heavy atom. The largest absolute Gasteiger partial charge is 0.493 e. The molecule has 2 N–H and O–H groups in total. The first-order valence-electron chi connectivity index (χ1n) is 13.0. The van der Waals surface area contributed by atoms with E-state index in [2.05, 4.69) is 64.5 Å². The van der Waals surface area contributed by atoms with Crippen LogP contribution in [-0.2, 0) is 11.3 Å². The lowest BCUT2D eigenvalue weighted by Gasteiger charge is -2.38. The van der Waals surface area contributed by atoms with E-state index in [1.165, 1.54) is 11.6 Å². The fraction of sp³-hybridized carbons (Fsp3) is 0.300. The highest BCUT2D eigenvalue weighted by atomic mass is 16.5. The Bertz CT molecular complexity index is 1320. The van der Waals surface area contributed by atoms with Crippen LogP contribution in [0.3, 0.4) is 0 Å². The van der Waals surface area contributed by atoms with Crippen molar-refractivity contribution >= 4 is 23.2 Å². The summed E-state index contributed by atoms with van der Waals surface area (Å²) >= 11 is 0. The number of carbonyl (C=O) groups is 1. The van der Waals surface area contributed by atoms with Gasteiger partial charge < -0.3 is 20.3 Å². The van der Waals surface area contributed by atoms with Crippen LogP contribution in [0.2, 0.25) is 0 Å². The van der Waals surface area contributed by atoms with Crippen molar-refractivity contribution in [3.63, 3.8) is 0 Å². The summed E-state index contributed by atoms with van der Waals surface area (Å²) < 4.78 is 5.96. The molecule has 5 rings (SSSR count). The van der Waals surface area contributed by atoms with Gasteiger partial charge in [-0.15, -0.1) is 0 Å². The highest BCUT2D eigenvalue weighted by molar-refractivity contribution is 5.87. The first-order chi connectivity index (χ1) is 18.6. The van der Waals surface area contributed by atoms with Crippen LogP contribution in [0.25, 0.3) is 11.3 Å². The zero-order valence-electron chi connectivity index (χ0n) is 21.8. The highest BCUT2D eigenvalue weighted by Crippen LogP contribution is 2.26. The predicted molar refractivity (Wildman–Crippen MR) is 152 cm³/mol. The molecule has 3 heterocycles. The number of anilines is 3. The second kappa shape index (κ2) is 11.9. The average Bonchev–Trinajstić information content (AvgIpc) is 2.89. The van der Waals surface area contributed by atoms with Gasteiger partial charge in [0.05, 0.1) is 12.3 Å². The zero-order chi connectivity index (χ0) is 26.3. The highest BCUT2D eigenvalue weighted by Gasteiger charge is 2.28. The summed E-state index contributed by atoms with van der Waals surface area (Å²) in [6, 6.07) is 16.3. The van der Waals surface area contributed by atoms with Crippen molar-refractivity contribution in [2.24, 2.45) is 5.92 Å². The molecule has 2 aliphatic rings. The SMILES string of the molecule is C=CC(=O)N1CC(CNc2cc3cc(c2)Nc2nccc(n2)-c2cccc(c2)OCC/C=C/CN(C)C3)C1. The summed E-state index contributed by atoms with van der Waals surface area (Å²) in [6.07, 6.45) is 8.36. The summed E-state index contributed by atoms with van der Waals surface area (Å²) in [5.74, 6) is 1.78. The molecule has 8 nitrogen and oxygen atoms in total. The average molecular weight is 511 g/mol. The standard InChI is InChI=1S/C30H34N6O2/c1-3-29(37)36-20-23(21-36)18-32-25-14-22-15-26(17-25)33-30-31-11-10-28(34-30)24-8-7-9-27(16-24)38-13-6-4-5-12-35(2)19-22/h3-5,7-11,14-17,23,32H,1,6,12-13,18-21H2,2H3,(H,31,33,34)/b5-4+. The summed E-state index contributed by atoms with van der Waals surface area (Å²) in [5.41, 5.74) is 4.93. The fourth-order valence-electron chi connectivity index (χ4n) is 4.68. The monoisotopic (exact) mass is 510 g/mol. The lowest BCUT2D eigenvalue weighted by Crippen LogP contribution is -2.51. The maximum absolute atomic E-state index is 11.8. The van der Waals surface area contributed by atoms with Crippen LogP contribution in [0.1, 0.15) is 12.0 Å². The van der Waals surface area contributed by atoms with Gasteiger partial charge in [-0.2, -0.15) is 0 Å². The Balaban J connectivity index is 1.38. The van der Waals surface area contributed by atoms with Gasteiger partial charge in [0.2, 0.25) is 11.9 Å². The van der Waals surface area contributed by atoms with E-state index in [-0.39, 0.29) is 5.91 Å². The molecule has 2 aliphatic heterocycles. The fourth-order valence-corrected chi connectivity index (χ4v) is 4.68. The Kier molecular flexibility index (Phi) is 7.99. The number of aromatic nitrogens is 2. The van der Waals surface area contributed by atoms with Crippen LogP contribution < -0.4 is 15.4 Å². The summed E-state index contributed by atoms with van der Waals surface area (Å²) in [6.45, 7) is 8.14. The molecule has 0 unspecified atom stereocenters. The summed E-state index contributed by atoms with van der Waals surface area (Å²) in [7, 11) is 2.12. The molecule has 38 heavy (non-hydrogen) atoms. The van der Waals surface area contributed by atoms with Gasteiger partial charge >= 0.3 is 0 Å². The molecule has 6 bridgehead atoms. The van der Waals surface area contributed by atoms with Crippen molar-refractivity contribution in [1.82, 2.24) is 19.8 Å². The first-order valence-corrected chi connectivity index (χ1v) is 13.0. The Morgan fingerprint density at radius 3 is 2.97 bits per heavy atom. The van der Waals surface area contributed by atoms with Crippen molar-refractivity contribution in [3.8, 4) is 17.0 Å². The molecule has 1 saturated heterocycles. The number of hydrogen-bond acceptors (Lipinski definition) is 7. The number of nitrogens with one attached hydrogen (secondary N) is 2. The second-order valence-electron chi connectivity index (χ2n) is 9.84. The molecule has 1 fully saturated rings. The Morgan fingerprint density at radius 1 is 1.21 bits per heavy atom. The number of amides is 1. The van der Waals surface area contributed by atoms with E-state index >= 15 is 0 Å². The minimum absolute atomic E-state index is 0.000657. The van der Waals surface area contributed by atoms with Crippen molar-refractivity contribution < 1.29 is 9.53 Å². The number of hydrogen-bond donors (Lipinski definition) is 2. The third-order valence-electron chi connectivity index (χ3n) is 6.66. The molecule has 2 aromatic carbocycles. The van der Waals surface area contributed by atoms with E-state index in [9.17, 15) is 4.79 Å². The molecular formula is C30H34N6O2. The van der Waals surface area contributed by atoms with E-state index in [1.54, 1.807) is 6.20 Å². The summed E-state index contributed by atoms with van der Waals surface area (Å²) in [4.78, 5) is 25.1. The number of likely N-dealkylation sites (tertiary alicyclic amines) is 1. The smallest absolute Gasteiger partial charge is 0.245 e. The van der Waals surface area contributed by atoms with E-state index in [1.807, 2.05) is 35.2 Å². The molecule has 0 saturated carbocycles. The van der Waals surface area contributed by atoms with Crippen LogP contribution in [0.4, 0.5) is 17.3 Å². The van der Waals surface area contributed by atoms with Crippen molar-refractivity contribution in [3.05, 3.63) is 85.1 Å².